The summed E-state index contributed by atoms with van der Waals surface area (Å²) in [6.07, 6.45) is 2.78. The number of allylic oxidation sites excluding steroid dienone is 1. The van der Waals surface area contributed by atoms with Crippen LogP contribution in [-0.4, -0.2) is 52.1 Å². The fraction of sp³-hybridized carbons (Fsp3) is 0.269. The van der Waals surface area contributed by atoms with Crippen LogP contribution in [0.25, 0.3) is 16.9 Å². The Labute approximate surface area is 212 Å². The highest BCUT2D eigenvalue weighted by atomic mass is 16.4. The maximum atomic E-state index is 13.2. The highest BCUT2D eigenvalue weighted by Crippen LogP contribution is 2.25. The van der Waals surface area contributed by atoms with E-state index >= 15 is 0 Å². The number of carbonyl (C=O) groups is 1. The van der Waals surface area contributed by atoms with E-state index in [1.54, 1.807) is 42.8 Å². The average molecular weight is 502 g/mol. The molecular formula is C26H27N7O4. The van der Waals surface area contributed by atoms with Crippen molar-refractivity contribution in [2.45, 2.75) is 39.0 Å². The summed E-state index contributed by atoms with van der Waals surface area (Å²) in [4.78, 5) is 39.4. The standard InChI is InChI=1S/C26H27N7O4/c1-4-11-32-23(34)19-14-27-24(28-18-9-8-17-15-31(25(35)36)12-10-16(17)13-18)30-22(19)33(32)21-7-5-6-20(29-21)26(2,3)37/h4-9,13-14,37H,1,10-12,15H2,2-3H3,(H,35,36)(H,27,28,30). The van der Waals surface area contributed by atoms with Crippen LogP contribution in [0.5, 0.6) is 0 Å². The van der Waals surface area contributed by atoms with Crippen molar-refractivity contribution in [3.05, 3.63) is 82.4 Å². The number of fused-ring (bicyclic) bond motifs is 2. The van der Waals surface area contributed by atoms with E-state index in [1.165, 1.54) is 15.8 Å². The van der Waals surface area contributed by atoms with E-state index in [9.17, 15) is 19.8 Å². The number of rotatable bonds is 6. The van der Waals surface area contributed by atoms with Crippen molar-refractivity contribution in [1.29, 1.82) is 0 Å². The summed E-state index contributed by atoms with van der Waals surface area (Å²) in [6, 6.07) is 10.9. The summed E-state index contributed by atoms with van der Waals surface area (Å²) in [5.74, 6) is 0.716. The summed E-state index contributed by atoms with van der Waals surface area (Å²) in [5.41, 5.74) is 2.14. The van der Waals surface area contributed by atoms with E-state index < -0.39 is 11.7 Å². The Morgan fingerprint density at radius 2 is 2.03 bits per heavy atom. The van der Waals surface area contributed by atoms with Crippen LogP contribution in [0.2, 0.25) is 0 Å². The summed E-state index contributed by atoms with van der Waals surface area (Å²) in [5, 5.41) is 23.2. The van der Waals surface area contributed by atoms with Crippen LogP contribution >= 0.6 is 0 Å². The summed E-state index contributed by atoms with van der Waals surface area (Å²) >= 11 is 0. The van der Waals surface area contributed by atoms with Gasteiger partial charge in [-0.1, -0.05) is 18.2 Å². The fourth-order valence-electron chi connectivity index (χ4n) is 4.41. The Balaban J connectivity index is 1.55. The van der Waals surface area contributed by atoms with Crippen LogP contribution in [0.1, 0.15) is 30.7 Å². The van der Waals surface area contributed by atoms with Gasteiger partial charge >= 0.3 is 6.09 Å². The van der Waals surface area contributed by atoms with E-state index in [2.05, 4.69) is 26.8 Å². The number of carboxylic acid groups (broad SMARTS) is 1. The number of aliphatic hydroxyl groups is 1. The largest absolute Gasteiger partial charge is 0.465 e. The molecule has 5 rings (SSSR count). The van der Waals surface area contributed by atoms with Gasteiger partial charge in [0.05, 0.1) is 12.2 Å². The molecule has 0 aliphatic carbocycles. The molecule has 0 radical (unpaired) electrons. The molecule has 190 valence electrons. The summed E-state index contributed by atoms with van der Waals surface area (Å²) in [7, 11) is 0. The van der Waals surface area contributed by atoms with Crippen LogP contribution in [0.3, 0.4) is 0 Å². The minimum absolute atomic E-state index is 0.227. The van der Waals surface area contributed by atoms with Gasteiger partial charge in [-0.2, -0.15) is 4.98 Å². The lowest BCUT2D eigenvalue weighted by Gasteiger charge is -2.26. The molecule has 3 N–H and O–H groups in total. The predicted molar refractivity (Wildman–Crippen MR) is 138 cm³/mol. The molecular weight excluding hydrogens is 474 g/mol. The van der Waals surface area contributed by atoms with Crippen molar-refractivity contribution in [1.82, 2.24) is 29.2 Å². The van der Waals surface area contributed by atoms with Crippen LogP contribution < -0.4 is 10.9 Å². The highest BCUT2D eigenvalue weighted by molar-refractivity contribution is 5.77. The van der Waals surface area contributed by atoms with Gasteiger partial charge < -0.3 is 20.4 Å². The van der Waals surface area contributed by atoms with Gasteiger partial charge in [0.1, 0.15) is 11.0 Å². The first-order valence-corrected chi connectivity index (χ1v) is 11.8. The monoisotopic (exact) mass is 501 g/mol. The Morgan fingerprint density at radius 3 is 2.76 bits per heavy atom. The quantitative estimate of drug-likeness (QED) is 0.343. The lowest BCUT2D eigenvalue weighted by Crippen LogP contribution is -2.34. The number of aromatic nitrogens is 5. The first kappa shape index (κ1) is 24.2. The molecule has 0 unspecified atom stereocenters. The minimum atomic E-state index is -1.17. The first-order chi connectivity index (χ1) is 17.7. The minimum Gasteiger partial charge on any atom is -0.465 e. The fourth-order valence-corrected chi connectivity index (χ4v) is 4.41. The van der Waals surface area contributed by atoms with Crippen molar-refractivity contribution in [3.8, 4) is 5.82 Å². The van der Waals surface area contributed by atoms with Gasteiger partial charge in [-0.05, 0) is 55.7 Å². The Hall–Kier alpha value is -4.51. The van der Waals surface area contributed by atoms with E-state index in [0.717, 1.165) is 16.8 Å². The molecule has 0 spiro atoms. The Bertz CT molecular complexity index is 1580. The molecule has 3 aromatic heterocycles. The van der Waals surface area contributed by atoms with Gasteiger partial charge in [0, 0.05) is 25.0 Å². The van der Waals surface area contributed by atoms with E-state index in [-0.39, 0.29) is 12.1 Å². The molecule has 0 atom stereocenters. The third-order valence-electron chi connectivity index (χ3n) is 6.30. The zero-order valence-corrected chi connectivity index (χ0v) is 20.5. The zero-order valence-electron chi connectivity index (χ0n) is 20.5. The van der Waals surface area contributed by atoms with Crippen molar-refractivity contribution in [2.75, 3.05) is 11.9 Å². The summed E-state index contributed by atoms with van der Waals surface area (Å²) < 4.78 is 3.08. The molecule has 37 heavy (non-hydrogen) atoms. The van der Waals surface area contributed by atoms with Crippen molar-refractivity contribution >= 4 is 28.8 Å². The van der Waals surface area contributed by atoms with Gasteiger partial charge in [0.2, 0.25) is 5.95 Å². The molecule has 1 aromatic carbocycles. The molecule has 0 bridgehead atoms. The second-order valence-electron chi connectivity index (χ2n) is 9.42. The average Bonchev–Trinajstić information content (AvgIpc) is 3.14. The molecule has 0 saturated heterocycles. The van der Waals surface area contributed by atoms with Crippen LogP contribution in [0.15, 0.2) is 60.0 Å². The molecule has 0 saturated carbocycles. The molecule has 11 nitrogen and oxygen atoms in total. The van der Waals surface area contributed by atoms with Gasteiger partial charge in [-0.3, -0.25) is 4.79 Å². The SMILES string of the molecule is C=CCn1c(=O)c2cnc(Nc3ccc4c(c3)CCN(C(=O)O)C4)nc2n1-c1cccc(C(C)(C)O)n1. The molecule has 11 heteroatoms. The van der Waals surface area contributed by atoms with E-state index in [4.69, 9.17) is 0 Å². The third kappa shape index (κ3) is 4.56. The van der Waals surface area contributed by atoms with Crippen molar-refractivity contribution in [3.63, 3.8) is 0 Å². The Morgan fingerprint density at radius 1 is 1.22 bits per heavy atom. The maximum absolute atomic E-state index is 13.2. The number of nitrogens with one attached hydrogen (secondary N) is 1. The third-order valence-corrected chi connectivity index (χ3v) is 6.30. The molecule has 1 aliphatic rings. The van der Waals surface area contributed by atoms with Gasteiger partial charge in [-0.15, -0.1) is 6.58 Å². The molecule has 1 amide bonds. The number of hydrogen-bond acceptors (Lipinski definition) is 7. The predicted octanol–water partition coefficient (Wildman–Crippen LogP) is 3.17. The molecule has 4 heterocycles. The smallest absolute Gasteiger partial charge is 0.407 e. The lowest BCUT2D eigenvalue weighted by molar-refractivity contribution is 0.0738. The van der Waals surface area contributed by atoms with Crippen LogP contribution in [0.4, 0.5) is 16.4 Å². The Kier molecular flexibility index (Phi) is 6.00. The zero-order chi connectivity index (χ0) is 26.3. The molecule has 0 fully saturated rings. The second-order valence-corrected chi connectivity index (χ2v) is 9.42. The summed E-state index contributed by atoms with van der Waals surface area (Å²) in [6.45, 7) is 8.07. The second kappa shape index (κ2) is 9.17. The maximum Gasteiger partial charge on any atom is 0.407 e. The van der Waals surface area contributed by atoms with E-state index in [0.29, 0.717) is 48.0 Å². The number of anilines is 2. The van der Waals surface area contributed by atoms with E-state index in [1.807, 2.05) is 18.2 Å². The van der Waals surface area contributed by atoms with Crippen LogP contribution in [-0.2, 0) is 25.1 Å². The lowest BCUT2D eigenvalue weighted by atomic mass is 9.99. The molecule has 4 aromatic rings. The number of amides is 1. The topological polar surface area (TPSA) is 138 Å². The normalized spacial score (nSPS) is 13.4. The van der Waals surface area contributed by atoms with Crippen molar-refractivity contribution < 1.29 is 15.0 Å². The number of benzene rings is 1. The number of nitrogens with zero attached hydrogens (tertiary/aromatic N) is 6. The highest BCUT2D eigenvalue weighted by Gasteiger charge is 2.23. The molecule has 1 aliphatic heterocycles. The van der Waals surface area contributed by atoms with Gasteiger partial charge in [-0.25, -0.2) is 24.1 Å². The van der Waals surface area contributed by atoms with Gasteiger partial charge in [0.15, 0.2) is 11.5 Å². The first-order valence-electron chi connectivity index (χ1n) is 11.8. The number of hydrogen-bond donors (Lipinski definition) is 3. The van der Waals surface area contributed by atoms with Crippen molar-refractivity contribution in [2.24, 2.45) is 0 Å². The number of pyridine rings is 1. The van der Waals surface area contributed by atoms with Crippen LogP contribution in [0, 0.1) is 0 Å². The van der Waals surface area contributed by atoms with Gasteiger partial charge in [0.25, 0.3) is 5.56 Å².